The van der Waals surface area contributed by atoms with E-state index in [0.29, 0.717) is 0 Å². The van der Waals surface area contributed by atoms with Crippen LogP contribution in [0.2, 0.25) is 0 Å². The summed E-state index contributed by atoms with van der Waals surface area (Å²) >= 11 is 0. The van der Waals surface area contributed by atoms with Crippen molar-refractivity contribution in [3.05, 3.63) is 40.6 Å². The number of hydrogen-bond donors (Lipinski definition) is 1. The highest BCUT2D eigenvalue weighted by Crippen LogP contribution is 1.99. The lowest BCUT2D eigenvalue weighted by Crippen LogP contribution is -2.08. The molecule has 1 N–H and O–H groups in total. The summed E-state index contributed by atoms with van der Waals surface area (Å²) in [5, 5.41) is 8.45. The van der Waals surface area contributed by atoms with Crippen molar-refractivity contribution in [1.29, 1.82) is 0 Å². The van der Waals surface area contributed by atoms with Gasteiger partial charge in [0, 0.05) is 0 Å². The molecule has 0 aromatic heterocycles. The minimum absolute atomic E-state index is 0.0853. The quantitative estimate of drug-likeness (QED) is 0.707. The van der Waals surface area contributed by atoms with Crippen LogP contribution in [0.4, 0.5) is 0 Å². The Labute approximate surface area is 70.2 Å². The van der Waals surface area contributed by atoms with Crippen molar-refractivity contribution >= 4 is 0 Å². The molecule has 0 aliphatic carbocycles. The molecule has 64 valence electrons. The second-order valence-electron chi connectivity index (χ2n) is 2.21. The molecule has 12 heavy (non-hydrogen) atoms. The van der Waals surface area contributed by atoms with Gasteiger partial charge in [-0.2, -0.15) is 0 Å². The maximum absolute atomic E-state index is 11.1. The van der Waals surface area contributed by atoms with Gasteiger partial charge in [-0.3, -0.25) is 4.79 Å². The standard InChI is InChI=1S/C9H10O3/c10-6-7-12-9-5-3-1-2-4-8(9)11/h1-5,10H,6-7H2. The summed E-state index contributed by atoms with van der Waals surface area (Å²) < 4.78 is 4.98. The summed E-state index contributed by atoms with van der Waals surface area (Å²) in [6.07, 6.45) is 0. The smallest absolute Gasteiger partial charge is 0.220 e. The van der Waals surface area contributed by atoms with Gasteiger partial charge in [0.25, 0.3) is 0 Å². The SMILES string of the molecule is O=c1cccccc1OCCO. The van der Waals surface area contributed by atoms with E-state index in [9.17, 15) is 4.79 Å². The first-order valence-electron chi connectivity index (χ1n) is 3.67. The van der Waals surface area contributed by atoms with Crippen molar-refractivity contribution < 1.29 is 9.84 Å². The van der Waals surface area contributed by atoms with E-state index in [0.717, 1.165) is 0 Å². The van der Waals surface area contributed by atoms with Crippen LogP contribution >= 0.6 is 0 Å². The molecule has 0 saturated carbocycles. The predicted molar refractivity (Wildman–Crippen MR) is 45.3 cm³/mol. The van der Waals surface area contributed by atoms with Gasteiger partial charge in [0.15, 0.2) is 5.75 Å². The number of rotatable bonds is 3. The predicted octanol–water partition coefficient (Wildman–Crippen LogP) is 0.418. The van der Waals surface area contributed by atoms with Gasteiger partial charge in [-0.15, -0.1) is 0 Å². The molecule has 0 atom stereocenters. The van der Waals surface area contributed by atoms with E-state index in [1.54, 1.807) is 24.3 Å². The average molecular weight is 166 g/mol. The van der Waals surface area contributed by atoms with Gasteiger partial charge >= 0.3 is 0 Å². The molecule has 0 aliphatic heterocycles. The van der Waals surface area contributed by atoms with Gasteiger partial charge in [-0.05, 0) is 12.1 Å². The van der Waals surface area contributed by atoms with Crippen LogP contribution in [0.15, 0.2) is 35.1 Å². The van der Waals surface area contributed by atoms with Crippen LogP contribution in [-0.2, 0) is 0 Å². The molecule has 1 aromatic rings. The normalized spacial score (nSPS) is 9.42. The molecule has 0 bridgehead atoms. The van der Waals surface area contributed by atoms with Crippen molar-refractivity contribution in [2.45, 2.75) is 0 Å². The highest BCUT2D eigenvalue weighted by molar-refractivity contribution is 5.20. The number of ether oxygens (including phenoxy) is 1. The summed E-state index contributed by atoms with van der Waals surface area (Å²) in [7, 11) is 0. The van der Waals surface area contributed by atoms with E-state index in [1.165, 1.54) is 6.07 Å². The van der Waals surface area contributed by atoms with Gasteiger partial charge in [0.05, 0.1) is 6.61 Å². The molecule has 3 heteroatoms. The van der Waals surface area contributed by atoms with Crippen LogP contribution in [0.25, 0.3) is 0 Å². The third kappa shape index (κ3) is 2.36. The minimum Gasteiger partial charge on any atom is -0.487 e. The van der Waals surface area contributed by atoms with E-state index in [1.807, 2.05) is 0 Å². The fraction of sp³-hybridized carbons (Fsp3) is 0.222. The van der Waals surface area contributed by atoms with E-state index >= 15 is 0 Å². The van der Waals surface area contributed by atoms with Crippen LogP contribution in [-0.4, -0.2) is 18.3 Å². The first kappa shape index (κ1) is 8.74. The zero-order valence-corrected chi connectivity index (χ0v) is 6.56. The topological polar surface area (TPSA) is 46.5 Å². The zero-order valence-electron chi connectivity index (χ0n) is 6.56. The van der Waals surface area contributed by atoms with Crippen molar-refractivity contribution in [2.75, 3.05) is 13.2 Å². The Morgan fingerprint density at radius 1 is 1.25 bits per heavy atom. The maximum Gasteiger partial charge on any atom is 0.220 e. The van der Waals surface area contributed by atoms with Crippen LogP contribution in [0.1, 0.15) is 0 Å². The second-order valence-corrected chi connectivity index (χ2v) is 2.21. The van der Waals surface area contributed by atoms with E-state index in [-0.39, 0.29) is 24.4 Å². The van der Waals surface area contributed by atoms with Crippen molar-refractivity contribution in [3.63, 3.8) is 0 Å². The van der Waals surface area contributed by atoms with E-state index < -0.39 is 0 Å². The fourth-order valence-corrected chi connectivity index (χ4v) is 0.789. The molecule has 0 unspecified atom stereocenters. The third-order valence-electron chi connectivity index (χ3n) is 1.31. The van der Waals surface area contributed by atoms with Crippen LogP contribution < -0.4 is 10.2 Å². The highest BCUT2D eigenvalue weighted by Gasteiger charge is 1.94. The lowest BCUT2D eigenvalue weighted by atomic mass is 10.4. The Hall–Kier alpha value is -1.35. The van der Waals surface area contributed by atoms with Crippen LogP contribution in [0.5, 0.6) is 5.75 Å². The first-order valence-corrected chi connectivity index (χ1v) is 3.67. The van der Waals surface area contributed by atoms with Gasteiger partial charge in [0.1, 0.15) is 6.61 Å². The fourth-order valence-electron chi connectivity index (χ4n) is 0.789. The third-order valence-corrected chi connectivity index (χ3v) is 1.31. The summed E-state index contributed by atoms with van der Waals surface area (Å²) in [4.78, 5) is 11.1. The van der Waals surface area contributed by atoms with Crippen molar-refractivity contribution in [2.24, 2.45) is 0 Å². The molecule has 0 radical (unpaired) electrons. The Bertz CT molecular complexity index is 296. The largest absolute Gasteiger partial charge is 0.487 e. The molecule has 0 amide bonds. The Morgan fingerprint density at radius 3 is 2.75 bits per heavy atom. The summed E-state index contributed by atoms with van der Waals surface area (Å²) in [6.45, 7) is 0.0668. The summed E-state index contributed by atoms with van der Waals surface area (Å²) in [5.74, 6) is 0.272. The van der Waals surface area contributed by atoms with Crippen molar-refractivity contribution in [1.82, 2.24) is 0 Å². The molecule has 3 nitrogen and oxygen atoms in total. The minimum atomic E-state index is -0.173. The van der Waals surface area contributed by atoms with E-state index in [4.69, 9.17) is 9.84 Å². The molecule has 0 aliphatic rings. The second kappa shape index (κ2) is 4.51. The average Bonchev–Trinajstić information content (AvgIpc) is 2.27. The van der Waals surface area contributed by atoms with Crippen LogP contribution in [0.3, 0.4) is 0 Å². The maximum atomic E-state index is 11.1. The number of hydrogen-bond acceptors (Lipinski definition) is 3. The zero-order chi connectivity index (χ0) is 8.81. The number of aliphatic hydroxyl groups is 1. The van der Waals surface area contributed by atoms with Gasteiger partial charge in [-0.1, -0.05) is 18.2 Å². The summed E-state index contributed by atoms with van der Waals surface area (Å²) in [5.41, 5.74) is -0.173. The lowest BCUT2D eigenvalue weighted by molar-refractivity contribution is 0.200. The van der Waals surface area contributed by atoms with Gasteiger partial charge in [-0.25, -0.2) is 0 Å². The molecule has 0 heterocycles. The van der Waals surface area contributed by atoms with Gasteiger partial charge in [0.2, 0.25) is 5.43 Å². The number of aliphatic hydroxyl groups excluding tert-OH is 1. The lowest BCUT2D eigenvalue weighted by Gasteiger charge is -1.98. The Kier molecular flexibility index (Phi) is 3.29. The van der Waals surface area contributed by atoms with Gasteiger partial charge < -0.3 is 9.84 Å². The molecule has 0 saturated heterocycles. The summed E-state index contributed by atoms with van der Waals surface area (Å²) in [6, 6.07) is 8.11. The monoisotopic (exact) mass is 166 g/mol. The molecule has 0 spiro atoms. The highest BCUT2D eigenvalue weighted by atomic mass is 16.5. The molecular weight excluding hydrogens is 156 g/mol. The van der Waals surface area contributed by atoms with Crippen LogP contribution in [0, 0.1) is 0 Å². The molecule has 0 fully saturated rings. The Balaban J connectivity index is 2.86. The molecule has 1 aromatic carbocycles. The van der Waals surface area contributed by atoms with E-state index in [2.05, 4.69) is 0 Å². The van der Waals surface area contributed by atoms with Crippen molar-refractivity contribution in [3.8, 4) is 5.75 Å². The molecular formula is C9H10O3. The Morgan fingerprint density at radius 2 is 2.00 bits per heavy atom. The molecule has 1 rings (SSSR count). The first-order chi connectivity index (χ1) is 5.84.